The predicted molar refractivity (Wildman–Crippen MR) is 119 cm³/mol. The van der Waals surface area contributed by atoms with Crippen LogP contribution in [0.3, 0.4) is 0 Å². The van der Waals surface area contributed by atoms with Crippen LogP contribution >= 0.6 is 0 Å². The molecule has 0 saturated heterocycles. The molecule has 1 heteroatoms. The van der Waals surface area contributed by atoms with Gasteiger partial charge in [0.15, 0.2) is 5.78 Å². The number of hydrogen-bond donors (Lipinski definition) is 0. The minimum Gasteiger partial charge on any atom is -0.289 e. The first-order valence-electron chi connectivity index (χ1n) is 9.82. The molecule has 4 aromatic carbocycles. The second kappa shape index (κ2) is 7.03. The standard InChI is InChI=1S/C14H10O.C14H10/c15-14-12-7-3-1-5-10(12)9-11-6-2-4-8-13(11)14;1-10-5-4-8-13-12-7-3-2-6-11(12)9-14(10)13/h1-8H,9H2;2-9H,1H2. The van der Waals surface area contributed by atoms with Crippen LogP contribution in [0.4, 0.5) is 0 Å². The SMILES string of the molecule is C=c1cccc2c1=Cc1ccccc1-2.O=C1c2ccccc2Cc2ccccc21. The van der Waals surface area contributed by atoms with Gasteiger partial charge in [0.2, 0.25) is 0 Å². The van der Waals surface area contributed by atoms with Gasteiger partial charge in [0, 0.05) is 11.1 Å². The van der Waals surface area contributed by atoms with Gasteiger partial charge >= 0.3 is 0 Å². The van der Waals surface area contributed by atoms with Crippen molar-refractivity contribution in [3.8, 4) is 11.1 Å². The molecule has 0 heterocycles. The molecule has 4 aromatic rings. The lowest BCUT2D eigenvalue weighted by Crippen LogP contribution is -2.22. The van der Waals surface area contributed by atoms with Crippen LogP contribution in [0.1, 0.15) is 32.6 Å². The Morgan fingerprint density at radius 1 is 0.586 bits per heavy atom. The molecule has 1 nitrogen and oxygen atoms in total. The van der Waals surface area contributed by atoms with E-state index in [0.717, 1.165) is 33.9 Å². The van der Waals surface area contributed by atoms with E-state index in [4.69, 9.17) is 0 Å². The lowest BCUT2D eigenvalue weighted by molar-refractivity contribution is 0.103. The van der Waals surface area contributed by atoms with E-state index in [-0.39, 0.29) is 5.78 Å². The summed E-state index contributed by atoms with van der Waals surface area (Å²) in [6.07, 6.45) is 3.09. The largest absolute Gasteiger partial charge is 0.289 e. The summed E-state index contributed by atoms with van der Waals surface area (Å²) in [6.45, 7) is 4.04. The zero-order chi connectivity index (χ0) is 19.8. The number of benzene rings is 4. The molecule has 138 valence electrons. The molecule has 0 saturated carbocycles. The van der Waals surface area contributed by atoms with Gasteiger partial charge in [0.05, 0.1) is 0 Å². The molecule has 0 aromatic heterocycles. The molecule has 0 radical (unpaired) electrons. The van der Waals surface area contributed by atoms with E-state index in [1.165, 1.54) is 21.9 Å². The van der Waals surface area contributed by atoms with Crippen LogP contribution < -0.4 is 10.4 Å². The quantitative estimate of drug-likeness (QED) is 0.377. The van der Waals surface area contributed by atoms with E-state index in [0.29, 0.717) is 0 Å². The molecule has 0 spiro atoms. The summed E-state index contributed by atoms with van der Waals surface area (Å²) < 4.78 is 0. The van der Waals surface area contributed by atoms with Crippen LogP contribution in [0.2, 0.25) is 0 Å². The average Bonchev–Trinajstić information content (AvgIpc) is 3.15. The minimum atomic E-state index is 0.160. The van der Waals surface area contributed by atoms with Gasteiger partial charge in [0.1, 0.15) is 0 Å². The molecule has 2 aliphatic rings. The Labute approximate surface area is 170 Å². The second-order valence-corrected chi connectivity index (χ2v) is 7.43. The van der Waals surface area contributed by atoms with E-state index in [2.05, 4.69) is 55.1 Å². The summed E-state index contributed by atoms with van der Waals surface area (Å²) in [4.78, 5) is 12.1. The molecule has 0 bridgehead atoms. The van der Waals surface area contributed by atoms with Crippen molar-refractivity contribution in [1.29, 1.82) is 0 Å². The highest BCUT2D eigenvalue weighted by Gasteiger charge is 2.21. The number of rotatable bonds is 0. The minimum absolute atomic E-state index is 0.160. The smallest absolute Gasteiger partial charge is 0.193 e. The van der Waals surface area contributed by atoms with Gasteiger partial charge in [-0.15, -0.1) is 0 Å². The monoisotopic (exact) mass is 372 g/mol. The summed E-state index contributed by atoms with van der Waals surface area (Å²) in [5, 5.41) is 2.38. The normalized spacial score (nSPS) is 12.5. The summed E-state index contributed by atoms with van der Waals surface area (Å²) in [6, 6.07) is 30.4. The highest BCUT2D eigenvalue weighted by Crippen LogP contribution is 2.26. The molecule has 0 atom stereocenters. The molecule has 2 aliphatic carbocycles. The zero-order valence-corrected chi connectivity index (χ0v) is 16.1. The third-order valence-electron chi connectivity index (χ3n) is 5.65. The fourth-order valence-electron chi connectivity index (χ4n) is 4.18. The van der Waals surface area contributed by atoms with Crippen molar-refractivity contribution in [3.63, 3.8) is 0 Å². The third-order valence-corrected chi connectivity index (χ3v) is 5.65. The van der Waals surface area contributed by atoms with Crippen LogP contribution in [0.25, 0.3) is 23.8 Å². The molecule has 0 N–H and O–H groups in total. The maximum Gasteiger partial charge on any atom is 0.193 e. The number of carbonyl (C=O) groups is 1. The second-order valence-electron chi connectivity index (χ2n) is 7.43. The first kappa shape index (κ1) is 17.4. The summed E-state index contributed by atoms with van der Waals surface area (Å²) >= 11 is 0. The number of ketones is 1. The predicted octanol–water partition coefficient (Wildman–Crippen LogP) is 4.73. The maximum atomic E-state index is 12.1. The van der Waals surface area contributed by atoms with Gasteiger partial charge in [-0.1, -0.05) is 97.6 Å². The van der Waals surface area contributed by atoms with Crippen molar-refractivity contribution in [1.82, 2.24) is 0 Å². The lowest BCUT2D eigenvalue weighted by atomic mass is 9.85. The molecule has 0 fully saturated rings. The van der Waals surface area contributed by atoms with E-state index in [1.807, 2.05) is 48.5 Å². The van der Waals surface area contributed by atoms with Crippen LogP contribution in [-0.2, 0) is 6.42 Å². The van der Waals surface area contributed by atoms with Gasteiger partial charge < -0.3 is 0 Å². The Hall–Kier alpha value is -3.71. The number of hydrogen-bond acceptors (Lipinski definition) is 1. The molecule has 6 rings (SSSR count). The highest BCUT2D eigenvalue weighted by molar-refractivity contribution is 6.12. The Balaban J connectivity index is 0.000000125. The molecule has 0 amide bonds. The van der Waals surface area contributed by atoms with Gasteiger partial charge in [-0.2, -0.15) is 0 Å². The summed E-state index contributed by atoms with van der Waals surface area (Å²) in [5.41, 5.74) is 7.94. The highest BCUT2D eigenvalue weighted by atomic mass is 16.1. The van der Waals surface area contributed by atoms with Crippen molar-refractivity contribution in [2.75, 3.05) is 0 Å². The number of fused-ring (bicyclic) bond motifs is 5. The Morgan fingerprint density at radius 3 is 1.83 bits per heavy atom. The summed E-state index contributed by atoms with van der Waals surface area (Å²) in [7, 11) is 0. The average molecular weight is 372 g/mol. The van der Waals surface area contributed by atoms with Gasteiger partial charge in [-0.25, -0.2) is 0 Å². The van der Waals surface area contributed by atoms with E-state index >= 15 is 0 Å². The molecular formula is C28H20O. The molecule has 29 heavy (non-hydrogen) atoms. The van der Waals surface area contributed by atoms with Crippen molar-refractivity contribution in [2.24, 2.45) is 0 Å². The van der Waals surface area contributed by atoms with Crippen molar-refractivity contribution in [2.45, 2.75) is 6.42 Å². The van der Waals surface area contributed by atoms with Crippen LogP contribution in [0, 0.1) is 0 Å². The van der Waals surface area contributed by atoms with E-state index < -0.39 is 0 Å². The first-order chi connectivity index (χ1) is 14.2. The van der Waals surface area contributed by atoms with Crippen molar-refractivity contribution in [3.05, 3.63) is 129 Å². The summed E-state index contributed by atoms with van der Waals surface area (Å²) in [5.74, 6) is 0.160. The van der Waals surface area contributed by atoms with Crippen LogP contribution in [0.5, 0.6) is 0 Å². The first-order valence-corrected chi connectivity index (χ1v) is 9.82. The fraction of sp³-hybridized carbons (Fsp3) is 0.0357. The van der Waals surface area contributed by atoms with Gasteiger partial charge in [-0.05, 0) is 50.8 Å². The fourth-order valence-corrected chi connectivity index (χ4v) is 4.18. The van der Waals surface area contributed by atoms with Crippen molar-refractivity contribution >= 4 is 18.4 Å². The third kappa shape index (κ3) is 3.01. The van der Waals surface area contributed by atoms with Crippen LogP contribution in [0.15, 0.2) is 91.0 Å². The van der Waals surface area contributed by atoms with Crippen LogP contribution in [-0.4, -0.2) is 5.78 Å². The molecule has 0 unspecified atom stereocenters. The molecular weight excluding hydrogens is 352 g/mol. The van der Waals surface area contributed by atoms with E-state index in [9.17, 15) is 4.79 Å². The topological polar surface area (TPSA) is 17.1 Å². The van der Waals surface area contributed by atoms with Gasteiger partial charge in [-0.3, -0.25) is 4.79 Å². The number of carbonyl (C=O) groups excluding carboxylic acids is 1. The Kier molecular flexibility index (Phi) is 4.22. The van der Waals surface area contributed by atoms with Crippen molar-refractivity contribution < 1.29 is 4.79 Å². The van der Waals surface area contributed by atoms with Gasteiger partial charge in [0.25, 0.3) is 0 Å². The zero-order valence-electron chi connectivity index (χ0n) is 16.1. The lowest BCUT2D eigenvalue weighted by Gasteiger charge is -2.17. The Morgan fingerprint density at radius 2 is 1.14 bits per heavy atom. The molecule has 0 aliphatic heterocycles. The maximum absolute atomic E-state index is 12.1. The Bertz CT molecular complexity index is 1310. The van der Waals surface area contributed by atoms with E-state index in [1.54, 1.807) is 0 Å².